The molecule has 2 heterocycles. The first-order valence-electron chi connectivity index (χ1n) is 19.0. The van der Waals surface area contributed by atoms with Crippen LogP contribution in [0.15, 0.2) is 48.5 Å². The molecule has 2 aromatic rings. The third-order valence-corrected chi connectivity index (χ3v) is 12.1. The average molecular weight is 868 g/mol. The molecule has 2 fully saturated rings. The number of nitrogens with zero attached hydrogens (tertiary/aromatic N) is 4. The summed E-state index contributed by atoms with van der Waals surface area (Å²) in [5, 5.41) is 3.74. The maximum absolute atomic E-state index is 14.1. The summed E-state index contributed by atoms with van der Waals surface area (Å²) in [6, 6.07) is 15.1. The van der Waals surface area contributed by atoms with Gasteiger partial charge in [0.25, 0.3) is 0 Å². The van der Waals surface area contributed by atoms with Gasteiger partial charge in [0.2, 0.25) is 34.4 Å². The second kappa shape index (κ2) is 22.1. The van der Waals surface area contributed by atoms with Crippen molar-refractivity contribution >= 4 is 46.0 Å². The van der Waals surface area contributed by atoms with Gasteiger partial charge in [-0.25, -0.2) is 12.7 Å². The Morgan fingerprint density at radius 2 is 1.47 bits per heavy atom. The van der Waals surface area contributed by atoms with Gasteiger partial charge < -0.3 is 10.2 Å². The van der Waals surface area contributed by atoms with Crippen LogP contribution in [-0.4, -0.2) is 129 Å². The Labute approximate surface area is 341 Å². The SMILES string of the molecule is CCN(CC(C1CCCCC1)N1CCN(C(=O)[C@@H](Cc2ccc(Cl)cc2)NC(=O)CC2c3ccccc3CN2C)CC1)S(C)(=O)=O.O=CC(F)(F)F.O=CC(F)(F)F. The summed E-state index contributed by atoms with van der Waals surface area (Å²) in [5.74, 6) is 0.226. The maximum atomic E-state index is 14.1. The van der Waals surface area contributed by atoms with E-state index in [4.69, 9.17) is 21.2 Å². The number of benzene rings is 2. The number of nitrogens with one attached hydrogen (secondary N) is 1. The number of aldehydes is 2. The molecule has 5 rings (SSSR count). The van der Waals surface area contributed by atoms with E-state index in [0.717, 1.165) is 24.9 Å². The van der Waals surface area contributed by atoms with Gasteiger partial charge >= 0.3 is 12.4 Å². The molecule has 1 aliphatic carbocycles. The molecular formula is C39H52ClF6N5O6S. The molecule has 3 atom stereocenters. The van der Waals surface area contributed by atoms with E-state index < -0.39 is 41.0 Å². The lowest BCUT2D eigenvalue weighted by Crippen LogP contribution is -2.59. The number of hydrogen-bond acceptors (Lipinski definition) is 8. The van der Waals surface area contributed by atoms with Crippen molar-refractivity contribution in [3.63, 3.8) is 0 Å². The Kier molecular flexibility index (Phi) is 18.6. The predicted molar refractivity (Wildman–Crippen MR) is 207 cm³/mol. The number of hydrogen-bond donors (Lipinski definition) is 1. The number of likely N-dealkylation sites (N-methyl/N-ethyl adjacent to an activating group) is 1. The van der Waals surface area contributed by atoms with E-state index in [1.165, 1.54) is 36.6 Å². The molecule has 0 spiro atoms. The number of alkyl halides is 6. The first-order chi connectivity index (χ1) is 27.1. The van der Waals surface area contributed by atoms with Gasteiger partial charge in [-0.2, -0.15) is 26.3 Å². The monoisotopic (exact) mass is 867 g/mol. The van der Waals surface area contributed by atoms with Gasteiger partial charge in [0.15, 0.2) is 0 Å². The van der Waals surface area contributed by atoms with E-state index in [0.29, 0.717) is 56.6 Å². The number of carbonyl (C=O) groups excluding carboxylic acids is 4. The molecule has 11 nitrogen and oxygen atoms in total. The van der Waals surface area contributed by atoms with Crippen LogP contribution in [0, 0.1) is 5.92 Å². The lowest BCUT2D eigenvalue weighted by Gasteiger charge is -2.45. The molecular weight excluding hydrogens is 816 g/mol. The Bertz CT molecular complexity index is 1740. The number of rotatable bonds is 12. The highest BCUT2D eigenvalue weighted by atomic mass is 35.5. The van der Waals surface area contributed by atoms with E-state index in [2.05, 4.69) is 27.2 Å². The Morgan fingerprint density at radius 3 is 1.98 bits per heavy atom. The van der Waals surface area contributed by atoms with Crippen molar-refractivity contribution in [3.8, 4) is 0 Å². The average Bonchev–Trinajstić information content (AvgIpc) is 3.49. The van der Waals surface area contributed by atoms with Crippen LogP contribution in [0.2, 0.25) is 5.02 Å². The van der Waals surface area contributed by atoms with Crippen LogP contribution in [0.25, 0.3) is 0 Å². The summed E-state index contributed by atoms with van der Waals surface area (Å²) in [6.07, 6.45) is -3.63. The fourth-order valence-corrected chi connectivity index (χ4v) is 8.67. The van der Waals surface area contributed by atoms with E-state index in [9.17, 15) is 44.3 Å². The summed E-state index contributed by atoms with van der Waals surface area (Å²) in [7, 11) is -1.27. The van der Waals surface area contributed by atoms with Crippen molar-refractivity contribution in [2.45, 2.75) is 88.9 Å². The standard InChI is InChI=1S/C35H50ClN5O4S.2C2HF3O/c1-4-41(46(3,44)45)25-33(27-10-6-5-7-11-27)39-18-20-40(21-19-39)35(43)31(22-26-14-16-29(36)17-15-26)37-34(42)23-32-30-13-9-8-12-28(30)24-38(32)2;2*3-2(4,5)1-6/h8-9,12-17,27,31-33H,4-7,10-11,18-25H2,1-3H3,(H,37,42);2*1H/t31-,32?,33?;;/m1../s1. The number of piperazine rings is 1. The van der Waals surface area contributed by atoms with Gasteiger partial charge in [0, 0.05) is 75.8 Å². The Balaban J connectivity index is 0.000000654. The molecule has 58 heavy (non-hydrogen) atoms. The molecule has 0 radical (unpaired) electrons. The minimum atomic E-state index is -4.64. The maximum Gasteiger partial charge on any atom is 0.446 e. The van der Waals surface area contributed by atoms with Crippen LogP contribution < -0.4 is 5.32 Å². The molecule has 0 aromatic heterocycles. The molecule has 3 aliphatic rings. The van der Waals surface area contributed by atoms with E-state index in [1.54, 1.807) is 4.31 Å². The quantitative estimate of drug-likeness (QED) is 0.209. The van der Waals surface area contributed by atoms with Crippen LogP contribution >= 0.6 is 11.6 Å². The fraction of sp³-hybridized carbons (Fsp3) is 0.590. The normalized spacial score (nSPS) is 19.2. The van der Waals surface area contributed by atoms with Crippen molar-refractivity contribution in [3.05, 3.63) is 70.2 Å². The highest BCUT2D eigenvalue weighted by molar-refractivity contribution is 7.88. The minimum absolute atomic E-state index is 0.0302. The molecule has 324 valence electrons. The molecule has 2 amide bonds. The lowest BCUT2D eigenvalue weighted by molar-refractivity contribution is -0.156. The zero-order chi connectivity index (χ0) is 43.3. The summed E-state index contributed by atoms with van der Waals surface area (Å²) in [6.45, 7) is 6.08. The largest absolute Gasteiger partial charge is 0.446 e. The van der Waals surface area contributed by atoms with Gasteiger partial charge in [-0.05, 0) is 54.6 Å². The van der Waals surface area contributed by atoms with Crippen LogP contribution in [-0.2, 0) is 42.2 Å². The number of amides is 2. The van der Waals surface area contributed by atoms with Crippen LogP contribution in [0.1, 0.15) is 68.2 Å². The molecule has 1 saturated carbocycles. The summed E-state index contributed by atoms with van der Waals surface area (Å²) in [4.78, 5) is 51.5. The van der Waals surface area contributed by atoms with E-state index >= 15 is 0 Å². The lowest BCUT2D eigenvalue weighted by atomic mass is 9.83. The van der Waals surface area contributed by atoms with Gasteiger partial charge in [-0.3, -0.25) is 29.0 Å². The third-order valence-electron chi connectivity index (χ3n) is 10.5. The second-order valence-corrected chi connectivity index (χ2v) is 17.1. The first-order valence-corrected chi connectivity index (χ1v) is 21.2. The van der Waals surface area contributed by atoms with Gasteiger partial charge in [-0.1, -0.05) is 74.2 Å². The highest BCUT2D eigenvalue weighted by Gasteiger charge is 2.37. The molecule has 2 aromatic carbocycles. The highest BCUT2D eigenvalue weighted by Crippen LogP contribution is 2.35. The molecule has 1 N–H and O–H groups in total. The minimum Gasteiger partial charge on any atom is -0.344 e. The zero-order valence-electron chi connectivity index (χ0n) is 32.8. The zero-order valence-corrected chi connectivity index (χ0v) is 34.3. The third kappa shape index (κ3) is 15.9. The summed E-state index contributed by atoms with van der Waals surface area (Å²) in [5.41, 5.74) is 3.34. The number of carbonyl (C=O) groups is 4. The van der Waals surface area contributed by atoms with Crippen molar-refractivity contribution in [2.75, 3.05) is 52.6 Å². The van der Waals surface area contributed by atoms with Crippen molar-refractivity contribution in [1.29, 1.82) is 0 Å². The summed E-state index contributed by atoms with van der Waals surface area (Å²) < 4.78 is 89.2. The first kappa shape index (κ1) is 48.8. The predicted octanol–water partition coefficient (Wildman–Crippen LogP) is 5.81. The van der Waals surface area contributed by atoms with Crippen LogP contribution in [0.5, 0.6) is 0 Å². The van der Waals surface area contributed by atoms with Crippen molar-refractivity contribution in [2.24, 2.45) is 5.92 Å². The van der Waals surface area contributed by atoms with Crippen LogP contribution in [0.3, 0.4) is 0 Å². The Morgan fingerprint density at radius 1 is 0.914 bits per heavy atom. The molecule has 19 heteroatoms. The number of fused-ring (bicyclic) bond motifs is 1. The Hall–Kier alpha value is -3.58. The van der Waals surface area contributed by atoms with Gasteiger partial charge in [0.1, 0.15) is 6.04 Å². The topological polar surface area (TPSA) is 127 Å². The number of sulfonamides is 1. The van der Waals surface area contributed by atoms with E-state index in [-0.39, 0.29) is 30.3 Å². The van der Waals surface area contributed by atoms with Crippen LogP contribution in [0.4, 0.5) is 26.3 Å². The number of halogens is 7. The second-order valence-electron chi connectivity index (χ2n) is 14.6. The van der Waals surface area contributed by atoms with Crippen molar-refractivity contribution in [1.82, 2.24) is 24.3 Å². The molecule has 2 unspecified atom stereocenters. The van der Waals surface area contributed by atoms with Gasteiger partial charge in [0.05, 0.1) is 6.26 Å². The molecule has 0 bridgehead atoms. The van der Waals surface area contributed by atoms with Crippen molar-refractivity contribution < 1.29 is 53.9 Å². The van der Waals surface area contributed by atoms with Gasteiger partial charge in [-0.15, -0.1) is 0 Å². The van der Waals surface area contributed by atoms with E-state index in [1.807, 2.05) is 55.3 Å². The fourth-order valence-electron chi connectivity index (χ4n) is 7.65. The smallest absolute Gasteiger partial charge is 0.344 e. The summed E-state index contributed by atoms with van der Waals surface area (Å²) >= 11 is 6.14. The molecule has 1 saturated heterocycles. The molecule has 2 aliphatic heterocycles.